The lowest BCUT2D eigenvalue weighted by molar-refractivity contribution is -0.129. The Balaban J connectivity index is 1.94. The number of carbonyl (C=O) groups excluding carboxylic acids is 2. The maximum Gasteiger partial charge on any atom is 0.344 e. The van der Waals surface area contributed by atoms with E-state index in [-0.39, 0.29) is 12.1 Å². The van der Waals surface area contributed by atoms with E-state index in [4.69, 9.17) is 18.7 Å². The van der Waals surface area contributed by atoms with Crippen LogP contribution in [-0.4, -0.2) is 37.4 Å². The van der Waals surface area contributed by atoms with Gasteiger partial charge >= 0.3 is 5.97 Å². The smallest absolute Gasteiger partial charge is 0.344 e. The number of hydrogen-bond donors (Lipinski definition) is 1. The van der Waals surface area contributed by atoms with Gasteiger partial charge in [0.2, 0.25) is 0 Å². The van der Waals surface area contributed by atoms with E-state index in [0.29, 0.717) is 23.0 Å². The van der Waals surface area contributed by atoms with Gasteiger partial charge in [-0.15, -0.1) is 0 Å². The highest BCUT2D eigenvalue weighted by atomic mass is 16.5. The molecule has 0 fully saturated rings. The molecule has 1 aromatic carbocycles. The first kappa shape index (κ1) is 19.3. The number of aromatic nitrogens is 1. The minimum absolute atomic E-state index is 0.240. The number of benzene rings is 1. The standard InChI is InChI=1S/C18H22N2O6/c1-10-16(11(2)26-20-10)18(22)25-12(3)17(21)19-9-13-6-7-14(23-4)15(8-13)24-5/h6-8,12H,9H2,1-5H3,(H,19,21)/t12-/m1/s1. The van der Waals surface area contributed by atoms with Crippen LogP contribution in [0.4, 0.5) is 0 Å². The van der Waals surface area contributed by atoms with Crippen LogP contribution in [0.25, 0.3) is 0 Å². The maximum atomic E-state index is 12.2. The number of ether oxygens (including phenoxy) is 3. The summed E-state index contributed by atoms with van der Waals surface area (Å²) in [5, 5.41) is 6.41. The van der Waals surface area contributed by atoms with Gasteiger partial charge in [-0.2, -0.15) is 0 Å². The fraction of sp³-hybridized carbons (Fsp3) is 0.389. The molecule has 0 bridgehead atoms. The summed E-state index contributed by atoms with van der Waals surface area (Å²) in [6.45, 7) is 5.00. The van der Waals surface area contributed by atoms with Crippen molar-refractivity contribution >= 4 is 11.9 Å². The maximum absolute atomic E-state index is 12.2. The Morgan fingerprint density at radius 1 is 1.19 bits per heavy atom. The predicted octanol–water partition coefficient (Wildman–Crippen LogP) is 2.17. The van der Waals surface area contributed by atoms with Crippen LogP contribution in [0.1, 0.15) is 34.3 Å². The molecule has 0 aliphatic heterocycles. The predicted molar refractivity (Wildman–Crippen MR) is 92.2 cm³/mol. The van der Waals surface area contributed by atoms with Crippen molar-refractivity contribution in [2.75, 3.05) is 14.2 Å². The lowest BCUT2D eigenvalue weighted by Gasteiger charge is -2.14. The molecule has 140 valence electrons. The average molecular weight is 362 g/mol. The molecular formula is C18H22N2O6. The molecule has 0 aliphatic rings. The molecule has 26 heavy (non-hydrogen) atoms. The topological polar surface area (TPSA) is 99.9 Å². The van der Waals surface area contributed by atoms with Gasteiger partial charge in [-0.05, 0) is 38.5 Å². The van der Waals surface area contributed by atoms with Crippen LogP contribution in [0.3, 0.4) is 0 Å². The second kappa shape index (κ2) is 8.37. The minimum atomic E-state index is -0.962. The van der Waals surface area contributed by atoms with E-state index in [2.05, 4.69) is 10.5 Å². The summed E-state index contributed by atoms with van der Waals surface area (Å²) in [5.41, 5.74) is 1.48. The zero-order valence-electron chi connectivity index (χ0n) is 15.4. The monoisotopic (exact) mass is 362 g/mol. The van der Waals surface area contributed by atoms with Crippen LogP contribution in [-0.2, 0) is 16.1 Å². The average Bonchev–Trinajstić information content (AvgIpc) is 2.97. The molecule has 0 radical (unpaired) electrons. The first-order valence-corrected chi connectivity index (χ1v) is 7.99. The lowest BCUT2D eigenvalue weighted by Crippen LogP contribution is -2.35. The summed E-state index contributed by atoms with van der Waals surface area (Å²) in [4.78, 5) is 24.3. The SMILES string of the molecule is COc1ccc(CNC(=O)[C@@H](C)OC(=O)c2c(C)noc2C)cc1OC. The Labute approximate surface area is 151 Å². The van der Waals surface area contributed by atoms with Gasteiger partial charge in [0.25, 0.3) is 5.91 Å². The van der Waals surface area contributed by atoms with E-state index < -0.39 is 18.0 Å². The van der Waals surface area contributed by atoms with Gasteiger partial charge in [-0.25, -0.2) is 4.79 Å². The van der Waals surface area contributed by atoms with Crippen LogP contribution in [0.2, 0.25) is 0 Å². The van der Waals surface area contributed by atoms with E-state index >= 15 is 0 Å². The van der Waals surface area contributed by atoms with Crippen molar-refractivity contribution in [3.63, 3.8) is 0 Å². The Morgan fingerprint density at radius 3 is 2.46 bits per heavy atom. The van der Waals surface area contributed by atoms with E-state index in [0.717, 1.165) is 5.56 Å². The number of carbonyl (C=O) groups is 2. The summed E-state index contributed by atoms with van der Waals surface area (Å²) >= 11 is 0. The van der Waals surface area contributed by atoms with E-state index in [9.17, 15) is 9.59 Å². The summed E-state index contributed by atoms with van der Waals surface area (Å²) in [6, 6.07) is 5.32. The third kappa shape index (κ3) is 4.33. The molecule has 2 aromatic rings. The Bertz CT molecular complexity index is 779. The number of nitrogens with one attached hydrogen (secondary N) is 1. The third-order valence-electron chi connectivity index (χ3n) is 3.81. The van der Waals surface area contributed by atoms with Gasteiger partial charge in [-0.1, -0.05) is 11.2 Å². The molecule has 1 aromatic heterocycles. The molecule has 0 unspecified atom stereocenters. The van der Waals surface area contributed by atoms with E-state index in [1.807, 2.05) is 6.07 Å². The highest BCUT2D eigenvalue weighted by Crippen LogP contribution is 2.27. The first-order valence-electron chi connectivity index (χ1n) is 7.99. The third-order valence-corrected chi connectivity index (χ3v) is 3.81. The number of esters is 1. The zero-order chi connectivity index (χ0) is 19.3. The highest BCUT2D eigenvalue weighted by Gasteiger charge is 2.24. The molecule has 8 heteroatoms. The van der Waals surface area contributed by atoms with Gasteiger partial charge in [0.1, 0.15) is 11.3 Å². The van der Waals surface area contributed by atoms with Crippen LogP contribution >= 0.6 is 0 Å². The molecule has 0 saturated heterocycles. The van der Waals surface area contributed by atoms with Gasteiger partial charge < -0.3 is 24.1 Å². The second-order valence-electron chi connectivity index (χ2n) is 5.65. The lowest BCUT2D eigenvalue weighted by atomic mass is 10.2. The van der Waals surface area contributed by atoms with Crippen molar-refractivity contribution in [3.8, 4) is 11.5 Å². The van der Waals surface area contributed by atoms with Gasteiger partial charge in [0, 0.05) is 6.54 Å². The Hall–Kier alpha value is -3.03. The summed E-state index contributed by atoms with van der Waals surface area (Å²) < 4.78 is 20.5. The molecule has 0 spiro atoms. The molecular weight excluding hydrogens is 340 g/mol. The van der Waals surface area contributed by atoms with Gasteiger partial charge in [0.15, 0.2) is 17.6 Å². The van der Waals surface area contributed by atoms with Gasteiger partial charge in [0.05, 0.1) is 19.9 Å². The molecule has 8 nitrogen and oxygen atoms in total. The molecule has 1 atom stereocenters. The van der Waals surface area contributed by atoms with Crippen molar-refractivity contribution in [3.05, 3.63) is 40.8 Å². The Morgan fingerprint density at radius 2 is 1.88 bits per heavy atom. The van der Waals surface area contributed by atoms with Crippen molar-refractivity contribution in [2.24, 2.45) is 0 Å². The number of amides is 1. The number of methoxy groups -OCH3 is 2. The summed E-state index contributed by atoms with van der Waals surface area (Å²) in [6.07, 6.45) is -0.962. The number of nitrogens with zero attached hydrogens (tertiary/aromatic N) is 1. The molecule has 0 aliphatic carbocycles. The number of aryl methyl sites for hydroxylation is 2. The molecule has 1 amide bonds. The highest BCUT2D eigenvalue weighted by molar-refractivity contribution is 5.93. The van der Waals surface area contributed by atoms with Crippen molar-refractivity contribution < 1.29 is 28.3 Å². The molecule has 1 heterocycles. The van der Waals surface area contributed by atoms with Crippen LogP contribution in [0, 0.1) is 13.8 Å². The number of rotatable bonds is 7. The second-order valence-corrected chi connectivity index (χ2v) is 5.65. The fourth-order valence-electron chi connectivity index (χ4n) is 2.37. The van der Waals surface area contributed by atoms with Crippen molar-refractivity contribution in [1.29, 1.82) is 0 Å². The van der Waals surface area contributed by atoms with Crippen LogP contribution in [0.5, 0.6) is 11.5 Å². The van der Waals surface area contributed by atoms with Crippen molar-refractivity contribution in [1.82, 2.24) is 10.5 Å². The first-order chi connectivity index (χ1) is 12.4. The van der Waals surface area contributed by atoms with Crippen LogP contribution in [0.15, 0.2) is 22.7 Å². The number of hydrogen-bond acceptors (Lipinski definition) is 7. The van der Waals surface area contributed by atoms with Crippen LogP contribution < -0.4 is 14.8 Å². The Kier molecular flexibility index (Phi) is 6.21. The molecule has 1 N–H and O–H groups in total. The summed E-state index contributed by atoms with van der Waals surface area (Å²) in [5.74, 6) is 0.460. The normalized spacial score (nSPS) is 11.6. The molecule has 2 rings (SSSR count). The zero-order valence-corrected chi connectivity index (χ0v) is 15.4. The summed E-state index contributed by atoms with van der Waals surface area (Å²) in [7, 11) is 3.09. The van der Waals surface area contributed by atoms with E-state index in [1.165, 1.54) is 14.0 Å². The van der Waals surface area contributed by atoms with E-state index in [1.54, 1.807) is 33.1 Å². The van der Waals surface area contributed by atoms with Crippen molar-refractivity contribution in [2.45, 2.75) is 33.4 Å². The van der Waals surface area contributed by atoms with Gasteiger partial charge in [-0.3, -0.25) is 4.79 Å². The fourth-order valence-corrected chi connectivity index (χ4v) is 2.37. The largest absolute Gasteiger partial charge is 0.493 e. The quantitative estimate of drug-likeness (QED) is 0.754. The minimum Gasteiger partial charge on any atom is -0.493 e. The molecule has 0 saturated carbocycles.